The second kappa shape index (κ2) is 12.8. The fraction of sp³-hybridized carbons (Fsp3) is 0.290. The number of benzene rings is 2. The summed E-state index contributed by atoms with van der Waals surface area (Å²) in [4.78, 5) is 31.2. The summed E-state index contributed by atoms with van der Waals surface area (Å²) in [6.45, 7) is 6.63. The van der Waals surface area contributed by atoms with Crippen LogP contribution < -0.4 is 20.1 Å². The Morgan fingerprint density at radius 3 is 2.41 bits per heavy atom. The molecule has 1 aliphatic rings. The van der Waals surface area contributed by atoms with Gasteiger partial charge < -0.3 is 25.0 Å². The number of anilines is 3. The molecule has 0 saturated carbocycles. The van der Waals surface area contributed by atoms with E-state index in [0.29, 0.717) is 35.2 Å². The molecule has 0 radical (unpaired) electrons. The number of amides is 1. The van der Waals surface area contributed by atoms with E-state index in [1.807, 2.05) is 43.3 Å². The summed E-state index contributed by atoms with van der Waals surface area (Å²) in [6, 6.07) is 14.9. The van der Waals surface area contributed by atoms with Crippen molar-refractivity contribution in [3.8, 4) is 22.8 Å². The lowest BCUT2D eigenvalue weighted by Gasteiger charge is -2.33. The average molecular weight is 554 g/mol. The van der Waals surface area contributed by atoms with Crippen molar-refractivity contribution in [2.24, 2.45) is 0 Å². The second-order valence-corrected chi connectivity index (χ2v) is 10.1. The number of nitrogens with zero attached hydrogens (tertiary/aromatic N) is 5. The topological polar surface area (TPSA) is 105 Å². The lowest BCUT2D eigenvalue weighted by Crippen LogP contribution is -2.43. The normalized spacial score (nSPS) is 14.0. The zero-order chi connectivity index (χ0) is 28.8. The number of likely N-dealkylation sites (N-methyl/N-ethyl adjacent to an activating group) is 1. The molecule has 0 atom stereocenters. The van der Waals surface area contributed by atoms with Crippen molar-refractivity contribution in [2.45, 2.75) is 13.5 Å². The first-order chi connectivity index (χ1) is 19.9. The number of hydrogen-bond donors (Lipinski definition) is 2. The maximum Gasteiger partial charge on any atom is 0.255 e. The van der Waals surface area contributed by atoms with Crippen LogP contribution in [0.15, 0.2) is 67.1 Å². The predicted molar refractivity (Wildman–Crippen MR) is 160 cm³/mol. The summed E-state index contributed by atoms with van der Waals surface area (Å²) in [7, 11) is 5.37. The number of aryl methyl sites for hydroxylation is 1. The minimum atomic E-state index is -0.266. The van der Waals surface area contributed by atoms with Crippen LogP contribution in [-0.2, 0) is 6.54 Å². The van der Waals surface area contributed by atoms with E-state index < -0.39 is 0 Å². The molecule has 5 rings (SSSR count). The molecular weight excluding hydrogens is 518 g/mol. The summed E-state index contributed by atoms with van der Waals surface area (Å²) in [5.74, 6) is 1.44. The molecule has 1 amide bonds. The number of aromatic nitrogens is 3. The van der Waals surface area contributed by atoms with E-state index >= 15 is 0 Å². The summed E-state index contributed by atoms with van der Waals surface area (Å²) in [5.41, 5.74) is 5.44. The highest BCUT2D eigenvalue weighted by Gasteiger charge is 2.21. The molecule has 2 N–H and O–H groups in total. The molecule has 212 valence electrons. The molecule has 2 aromatic heterocycles. The van der Waals surface area contributed by atoms with Gasteiger partial charge in [0, 0.05) is 73.8 Å². The molecule has 0 aliphatic carbocycles. The van der Waals surface area contributed by atoms with Gasteiger partial charge in [-0.25, -0.2) is 9.97 Å². The minimum absolute atomic E-state index is 0.266. The van der Waals surface area contributed by atoms with Crippen molar-refractivity contribution in [1.29, 1.82) is 0 Å². The van der Waals surface area contributed by atoms with Crippen molar-refractivity contribution in [2.75, 3.05) is 58.1 Å². The maximum absolute atomic E-state index is 13.4. The standard InChI is InChI=1S/C31H35N7O3/c1-21-7-8-24(18-27(21)36-31-33-11-9-26(35-31)22-6-5-10-32-19-22)34-30(39)23-16-28(40-3)25(29(17-23)41-4)20-38-14-12-37(2)13-15-38/h5-11,16-19H,12-15,20H2,1-4H3,(H,34,39)(H,33,35,36). The molecule has 10 heteroatoms. The first-order valence-electron chi connectivity index (χ1n) is 13.5. The molecule has 4 aromatic rings. The number of hydrogen-bond acceptors (Lipinski definition) is 9. The fourth-order valence-corrected chi connectivity index (χ4v) is 4.75. The van der Waals surface area contributed by atoms with E-state index in [0.717, 1.165) is 54.3 Å². The van der Waals surface area contributed by atoms with E-state index in [1.165, 1.54) is 0 Å². The van der Waals surface area contributed by atoms with Crippen LogP contribution >= 0.6 is 0 Å². The zero-order valence-electron chi connectivity index (χ0n) is 23.8. The summed E-state index contributed by atoms with van der Waals surface area (Å²) in [6.07, 6.45) is 5.19. The Morgan fingerprint density at radius 2 is 1.73 bits per heavy atom. The molecule has 0 bridgehead atoms. The van der Waals surface area contributed by atoms with Crippen LogP contribution in [0.1, 0.15) is 21.5 Å². The molecule has 41 heavy (non-hydrogen) atoms. The van der Waals surface area contributed by atoms with Gasteiger partial charge in [0.1, 0.15) is 11.5 Å². The zero-order valence-corrected chi connectivity index (χ0v) is 23.8. The average Bonchev–Trinajstić information content (AvgIpc) is 3.00. The lowest BCUT2D eigenvalue weighted by molar-refractivity contribution is 0.102. The highest BCUT2D eigenvalue weighted by molar-refractivity contribution is 6.05. The molecule has 1 saturated heterocycles. The van der Waals surface area contributed by atoms with E-state index in [4.69, 9.17) is 9.47 Å². The minimum Gasteiger partial charge on any atom is -0.496 e. The van der Waals surface area contributed by atoms with Gasteiger partial charge in [0.15, 0.2) is 0 Å². The number of methoxy groups -OCH3 is 2. The van der Waals surface area contributed by atoms with Gasteiger partial charge in [0.2, 0.25) is 5.95 Å². The Bertz CT molecular complexity index is 1480. The Hall–Kier alpha value is -4.54. The van der Waals surface area contributed by atoms with Gasteiger partial charge in [-0.05, 0) is 62.0 Å². The summed E-state index contributed by atoms with van der Waals surface area (Å²) < 4.78 is 11.4. The molecular formula is C31H35N7O3. The first kappa shape index (κ1) is 28.0. The van der Waals surface area contributed by atoms with Crippen LogP contribution in [0.5, 0.6) is 11.5 Å². The molecule has 3 heterocycles. The number of carbonyl (C=O) groups is 1. The number of ether oxygens (including phenoxy) is 2. The third kappa shape index (κ3) is 6.79. The van der Waals surface area contributed by atoms with Crippen molar-refractivity contribution in [1.82, 2.24) is 24.8 Å². The van der Waals surface area contributed by atoms with Gasteiger partial charge in [-0.1, -0.05) is 6.07 Å². The van der Waals surface area contributed by atoms with Crippen LogP contribution in [0.2, 0.25) is 0 Å². The monoisotopic (exact) mass is 553 g/mol. The highest BCUT2D eigenvalue weighted by atomic mass is 16.5. The molecule has 1 fully saturated rings. The Labute approximate surface area is 240 Å². The SMILES string of the molecule is COc1cc(C(=O)Nc2ccc(C)c(Nc3nccc(-c4cccnc4)n3)c2)cc(OC)c1CN1CCN(C)CC1. The van der Waals surface area contributed by atoms with Crippen LogP contribution in [0.25, 0.3) is 11.3 Å². The van der Waals surface area contributed by atoms with Crippen LogP contribution in [0.3, 0.4) is 0 Å². The smallest absolute Gasteiger partial charge is 0.255 e. The Balaban J connectivity index is 1.33. The number of nitrogens with one attached hydrogen (secondary N) is 2. The van der Waals surface area contributed by atoms with Gasteiger partial charge >= 0.3 is 0 Å². The van der Waals surface area contributed by atoms with Gasteiger partial charge in [-0.15, -0.1) is 0 Å². The van der Waals surface area contributed by atoms with Gasteiger partial charge in [-0.2, -0.15) is 0 Å². The van der Waals surface area contributed by atoms with E-state index in [-0.39, 0.29) is 5.91 Å². The predicted octanol–water partition coefficient (Wildman–Crippen LogP) is 4.61. The van der Waals surface area contributed by atoms with Gasteiger partial charge in [0.05, 0.1) is 25.5 Å². The summed E-state index contributed by atoms with van der Waals surface area (Å²) >= 11 is 0. The van der Waals surface area contributed by atoms with Crippen molar-refractivity contribution < 1.29 is 14.3 Å². The fourth-order valence-electron chi connectivity index (χ4n) is 4.75. The third-order valence-corrected chi connectivity index (χ3v) is 7.20. The highest BCUT2D eigenvalue weighted by Crippen LogP contribution is 2.33. The largest absolute Gasteiger partial charge is 0.496 e. The van der Waals surface area contributed by atoms with Crippen molar-refractivity contribution >= 4 is 23.2 Å². The molecule has 1 aliphatic heterocycles. The van der Waals surface area contributed by atoms with Gasteiger partial charge in [0.25, 0.3) is 5.91 Å². The van der Waals surface area contributed by atoms with Crippen molar-refractivity contribution in [3.63, 3.8) is 0 Å². The van der Waals surface area contributed by atoms with E-state index in [9.17, 15) is 4.79 Å². The van der Waals surface area contributed by atoms with Crippen LogP contribution in [0, 0.1) is 6.92 Å². The van der Waals surface area contributed by atoms with E-state index in [1.54, 1.807) is 44.9 Å². The van der Waals surface area contributed by atoms with Crippen molar-refractivity contribution in [3.05, 3.63) is 83.8 Å². The lowest BCUT2D eigenvalue weighted by atomic mass is 10.1. The number of carbonyl (C=O) groups excluding carboxylic acids is 1. The van der Waals surface area contributed by atoms with Crippen LogP contribution in [0.4, 0.5) is 17.3 Å². The van der Waals surface area contributed by atoms with E-state index in [2.05, 4.69) is 42.4 Å². The summed E-state index contributed by atoms with van der Waals surface area (Å²) in [5, 5.41) is 6.28. The molecule has 0 spiro atoms. The second-order valence-electron chi connectivity index (χ2n) is 10.1. The molecule has 0 unspecified atom stereocenters. The molecule has 10 nitrogen and oxygen atoms in total. The number of pyridine rings is 1. The molecule has 2 aromatic carbocycles. The first-order valence-corrected chi connectivity index (χ1v) is 13.5. The van der Waals surface area contributed by atoms with Gasteiger partial charge in [-0.3, -0.25) is 14.7 Å². The quantitative estimate of drug-likeness (QED) is 0.308. The third-order valence-electron chi connectivity index (χ3n) is 7.20. The van der Waals surface area contributed by atoms with Crippen LogP contribution in [-0.4, -0.2) is 78.1 Å². The number of rotatable bonds is 9. The Morgan fingerprint density at radius 1 is 0.976 bits per heavy atom. The Kier molecular flexibility index (Phi) is 8.71. The maximum atomic E-state index is 13.4. The number of piperazine rings is 1.